The Morgan fingerprint density at radius 2 is 2.26 bits per heavy atom. The molecule has 1 saturated carbocycles. The number of nitrogens with zero attached hydrogens (tertiary/aromatic N) is 2. The minimum atomic E-state index is -0.131. The lowest BCUT2D eigenvalue weighted by molar-refractivity contribution is -0.123. The first-order chi connectivity index (χ1) is 9.16. The van der Waals surface area contributed by atoms with Gasteiger partial charge in [-0.05, 0) is 25.8 Å². The zero-order valence-corrected chi connectivity index (χ0v) is 11.9. The fraction of sp³-hybridized carbons (Fsp3) is 0.714. The molecule has 1 heterocycles. The van der Waals surface area contributed by atoms with Gasteiger partial charge < -0.3 is 10.6 Å². The Hall–Kier alpha value is -1.36. The monoisotopic (exact) mass is 264 g/mol. The quantitative estimate of drug-likeness (QED) is 0.806. The normalized spacial score (nSPS) is 17.6. The van der Waals surface area contributed by atoms with Crippen molar-refractivity contribution in [1.82, 2.24) is 20.4 Å². The Kier molecular flexibility index (Phi) is 4.96. The first-order valence-electron chi connectivity index (χ1n) is 7.17. The van der Waals surface area contributed by atoms with E-state index in [-0.39, 0.29) is 11.9 Å². The molecular weight excluding hydrogens is 240 g/mol. The lowest BCUT2D eigenvalue weighted by atomic mass is 10.2. The molecular formula is C14H24N4O. The molecule has 0 aliphatic heterocycles. The molecule has 0 spiro atoms. The second-order valence-corrected chi connectivity index (χ2v) is 5.36. The molecule has 0 radical (unpaired) electrons. The van der Waals surface area contributed by atoms with E-state index in [1.807, 2.05) is 24.7 Å². The van der Waals surface area contributed by atoms with Gasteiger partial charge in [0.1, 0.15) is 0 Å². The van der Waals surface area contributed by atoms with Crippen LogP contribution < -0.4 is 10.6 Å². The second kappa shape index (κ2) is 6.70. The number of nitrogens with one attached hydrogen (secondary N) is 2. The van der Waals surface area contributed by atoms with Crippen LogP contribution in [0.3, 0.4) is 0 Å². The Bertz CT molecular complexity index is 409. The first kappa shape index (κ1) is 14.1. The number of carbonyl (C=O) groups is 1. The standard InChI is InChI=1S/C14H24N4O/c1-11(14(19)17-12-5-3-4-6-12)15-9-7-13-8-10-16-18(13)2/h8,10-12,15H,3-7,9H2,1-2H3,(H,17,19). The molecule has 1 atom stereocenters. The van der Waals surface area contributed by atoms with Crippen molar-refractivity contribution in [3.63, 3.8) is 0 Å². The van der Waals surface area contributed by atoms with E-state index in [2.05, 4.69) is 15.7 Å². The Morgan fingerprint density at radius 3 is 2.89 bits per heavy atom. The summed E-state index contributed by atoms with van der Waals surface area (Å²) >= 11 is 0. The molecule has 0 saturated heterocycles. The highest BCUT2D eigenvalue weighted by atomic mass is 16.2. The van der Waals surface area contributed by atoms with Gasteiger partial charge in [-0.25, -0.2) is 0 Å². The summed E-state index contributed by atoms with van der Waals surface area (Å²) < 4.78 is 1.87. The molecule has 19 heavy (non-hydrogen) atoms. The largest absolute Gasteiger partial charge is 0.352 e. The van der Waals surface area contributed by atoms with Gasteiger partial charge in [-0.1, -0.05) is 12.8 Å². The van der Waals surface area contributed by atoms with E-state index < -0.39 is 0 Å². The number of aromatic nitrogens is 2. The van der Waals surface area contributed by atoms with E-state index in [0.29, 0.717) is 6.04 Å². The van der Waals surface area contributed by atoms with Gasteiger partial charge in [0.25, 0.3) is 0 Å². The van der Waals surface area contributed by atoms with Crippen LogP contribution >= 0.6 is 0 Å². The molecule has 2 N–H and O–H groups in total. The maximum absolute atomic E-state index is 12.0. The predicted molar refractivity (Wildman–Crippen MR) is 74.8 cm³/mol. The van der Waals surface area contributed by atoms with E-state index >= 15 is 0 Å². The number of hydrogen-bond acceptors (Lipinski definition) is 3. The van der Waals surface area contributed by atoms with E-state index in [0.717, 1.165) is 25.8 Å². The fourth-order valence-electron chi connectivity index (χ4n) is 2.55. The molecule has 106 valence electrons. The maximum atomic E-state index is 12.0. The Balaban J connectivity index is 1.67. The van der Waals surface area contributed by atoms with E-state index in [9.17, 15) is 4.79 Å². The van der Waals surface area contributed by atoms with Crippen LogP contribution in [0, 0.1) is 0 Å². The summed E-state index contributed by atoms with van der Waals surface area (Å²) in [4.78, 5) is 12.0. The van der Waals surface area contributed by atoms with Crippen molar-refractivity contribution in [2.75, 3.05) is 6.54 Å². The van der Waals surface area contributed by atoms with Crippen LogP contribution in [-0.2, 0) is 18.3 Å². The van der Waals surface area contributed by atoms with Crippen molar-refractivity contribution in [2.45, 2.75) is 51.1 Å². The van der Waals surface area contributed by atoms with Crippen LogP contribution in [0.4, 0.5) is 0 Å². The summed E-state index contributed by atoms with van der Waals surface area (Å²) in [6.45, 7) is 2.71. The fourth-order valence-corrected chi connectivity index (χ4v) is 2.55. The Morgan fingerprint density at radius 1 is 1.53 bits per heavy atom. The van der Waals surface area contributed by atoms with E-state index in [1.165, 1.54) is 18.5 Å². The molecule has 2 rings (SSSR count). The minimum absolute atomic E-state index is 0.122. The van der Waals surface area contributed by atoms with Crippen molar-refractivity contribution in [3.8, 4) is 0 Å². The van der Waals surface area contributed by atoms with E-state index in [1.54, 1.807) is 6.20 Å². The van der Waals surface area contributed by atoms with Crippen molar-refractivity contribution in [1.29, 1.82) is 0 Å². The lowest BCUT2D eigenvalue weighted by Gasteiger charge is -2.17. The summed E-state index contributed by atoms with van der Waals surface area (Å²) in [6, 6.07) is 2.27. The average molecular weight is 264 g/mol. The van der Waals surface area contributed by atoms with Crippen molar-refractivity contribution >= 4 is 5.91 Å². The van der Waals surface area contributed by atoms with Crippen LogP contribution in [0.25, 0.3) is 0 Å². The van der Waals surface area contributed by atoms with Crippen LogP contribution in [-0.4, -0.2) is 34.3 Å². The summed E-state index contributed by atoms with van der Waals surface area (Å²) in [5.41, 5.74) is 1.18. The topological polar surface area (TPSA) is 59.0 Å². The molecule has 1 unspecified atom stereocenters. The molecule has 1 aromatic heterocycles. The summed E-state index contributed by atoms with van der Waals surface area (Å²) in [7, 11) is 1.94. The van der Waals surface area contributed by atoms with Crippen LogP contribution in [0.5, 0.6) is 0 Å². The summed E-state index contributed by atoms with van der Waals surface area (Å²) in [6.07, 6.45) is 7.44. The van der Waals surface area contributed by atoms with Gasteiger partial charge >= 0.3 is 0 Å². The molecule has 0 bridgehead atoms. The molecule has 1 aliphatic rings. The highest BCUT2D eigenvalue weighted by molar-refractivity contribution is 5.81. The van der Waals surface area contributed by atoms with Crippen LogP contribution in [0.15, 0.2) is 12.3 Å². The third-order valence-electron chi connectivity index (χ3n) is 3.85. The van der Waals surface area contributed by atoms with Gasteiger partial charge in [0, 0.05) is 37.9 Å². The number of rotatable bonds is 6. The summed E-state index contributed by atoms with van der Waals surface area (Å²) in [5.74, 6) is 0.122. The smallest absolute Gasteiger partial charge is 0.237 e. The molecule has 0 aromatic carbocycles. The highest BCUT2D eigenvalue weighted by Gasteiger charge is 2.20. The summed E-state index contributed by atoms with van der Waals surface area (Å²) in [5, 5.41) is 10.5. The van der Waals surface area contributed by atoms with Crippen molar-refractivity contribution in [3.05, 3.63) is 18.0 Å². The molecule has 5 heteroatoms. The number of carbonyl (C=O) groups excluding carboxylic acids is 1. The lowest BCUT2D eigenvalue weighted by Crippen LogP contribution is -2.46. The zero-order chi connectivity index (χ0) is 13.7. The molecule has 1 aromatic rings. The minimum Gasteiger partial charge on any atom is -0.352 e. The SMILES string of the molecule is CC(NCCc1ccnn1C)C(=O)NC1CCCC1. The zero-order valence-electron chi connectivity index (χ0n) is 11.9. The third kappa shape index (κ3) is 4.06. The van der Waals surface area contributed by atoms with Gasteiger partial charge in [0.15, 0.2) is 0 Å². The average Bonchev–Trinajstić information content (AvgIpc) is 3.02. The molecule has 5 nitrogen and oxygen atoms in total. The van der Waals surface area contributed by atoms with Crippen molar-refractivity contribution in [2.24, 2.45) is 7.05 Å². The third-order valence-corrected chi connectivity index (χ3v) is 3.85. The first-order valence-corrected chi connectivity index (χ1v) is 7.17. The number of amides is 1. The molecule has 1 aliphatic carbocycles. The number of aryl methyl sites for hydroxylation is 1. The van der Waals surface area contributed by atoms with Crippen LogP contribution in [0.2, 0.25) is 0 Å². The van der Waals surface area contributed by atoms with Gasteiger partial charge in [0.2, 0.25) is 5.91 Å². The second-order valence-electron chi connectivity index (χ2n) is 5.36. The van der Waals surface area contributed by atoms with Gasteiger partial charge in [-0.3, -0.25) is 9.48 Å². The maximum Gasteiger partial charge on any atom is 0.237 e. The highest BCUT2D eigenvalue weighted by Crippen LogP contribution is 2.17. The number of hydrogen-bond donors (Lipinski definition) is 2. The van der Waals surface area contributed by atoms with Crippen molar-refractivity contribution < 1.29 is 4.79 Å². The van der Waals surface area contributed by atoms with Gasteiger partial charge in [-0.15, -0.1) is 0 Å². The predicted octanol–water partition coefficient (Wildman–Crippen LogP) is 0.999. The van der Waals surface area contributed by atoms with Crippen LogP contribution in [0.1, 0.15) is 38.3 Å². The van der Waals surface area contributed by atoms with Gasteiger partial charge in [0.05, 0.1) is 6.04 Å². The van der Waals surface area contributed by atoms with E-state index in [4.69, 9.17) is 0 Å². The molecule has 1 amide bonds. The van der Waals surface area contributed by atoms with Gasteiger partial charge in [-0.2, -0.15) is 5.10 Å². The molecule has 1 fully saturated rings. The Labute approximate surface area is 114 Å².